The molecule has 0 saturated carbocycles. The van der Waals surface area contributed by atoms with Crippen molar-refractivity contribution in [1.29, 1.82) is 0 Å². The number of amides is 1. The fourth-order valence-corrected chi connectivity index (χ4v) is 3.00. The van der Waals surface area contributed by atoms with Crippen LogP contribution in [0.2, 0.25) is 0 Å². The lowest BCUT2D eigenvalue weighted by molar-refractivity contribution is 0.0955. The number of nitrogens with one attached hydrogen (secondary N) is 2. The van der Waals surface area contributed by atoms with Crippen molar-refractivity contribution in [3.63, 3.8) is 0 Å². The Hall–Kier alpha value is -2.09. The molecule has 1 amide bonds. The van der Waals surface area contributed by atoms with Gasteiger partial charge in [0.2, 0.25) is 0 Å². The zero-order valence-electron chi connectivity index (χ0n) is 15.4. The van der Waals surface area contributed by atoms with Crippen molar-refractivity contribution in [2.75, 3.05) is 31.5 Å². The number of halogens is 1. The summed E-state index contributed by atoms with van der Waals surface area (Å²) in [6.45, 7) is 3.11. The molecule has 0 unspecified atom stereocenters. The third-order valence-corrected chi connectivity index (χ3v) is 4.38. The standard InChI is InChI=1S/C21H26N4O.HI/c26-20(18-10-4-1-5-11-18)22-14-15-23-21(25-16-8-3-9-17-25)24-19-12-6-2-7-13-19;/h1-2,4-7,10-13H,3,8-9,14-17H2,(H,22,26)(H,23,24);1H. The molecule has 1 fully saturated rings. The van der Waals surface area contributed by atoms with Crippen molar-refractivity contribution in [2.45, 2.75) is 19.3 Å². The highest BCUT2D eigenvalue weighted by atomic mass is 127. The fourth-order valence-electron chi connectivity index (χ4n) is 3.00. The Balaban J connectivity index is 0.00000261. The summed E-state index contributed by atoms with van der Waals surface area (Å²) in [4.78, 5) is 19.1. The normalized spacial score (nSPS) is 14.2. The van der Waals surface area contributed by atoms with Gasteiger partial charge in [-0.25, -0.2) is 0 Å². The number of guanidine groups is 1. The quantitative estimate of drug-likeness (QED) is 0.296. The van der Waals surface area contributed by atoms with Crippen molar-refractivity contribution >= 4 is 41.5 Å². The summed E-state index contributed by atoms with van der Waals surface area (Å²) in [6, 6.07) is 19.4. The summed E-state index contributed by atoms with van der Waals surface area (Å²) in [5, 5.41) is 6.36. The van der Waals surface area contributed by atoms with Crippen LogP contribution in [0.15, 0.2) is 65.7 Å². The van der Waals surface area contributed by atoms with E-state index in [1.165, 1.54) is 19.3 Å². The smallest absolute Gasteiger partial charge is 0.251 e. The molecular formula is C21H27IN4O. The molecule has 0 aromatic heterocycles. The molecule has 0 aliphatic carbocycles. The zero-order valence-corrected chi connectivity index (χ0v) is 17.8. The molecule has 1 aliphatic heterocycles. The largest absolute Gasteiger partial charge is 0.350 e. The van der Waals surface area contributed by atoms with Gasteiger partial charge in [0, 0.05) is 30.9 Å². The second kappa shape index (κ2) is 11.6. The number of rotatable bonds is 5. The second-order valence-electron chi connectivity index (χ2n) is 6.37. The van der Waals surface area contributed by atoms with Crippen LogP contribution in [0.3, 0.4) is 0 Å². The van der Waals surface area contributed by atoms with Gasteiger partial charge in [-0.3, -0.25) is 9.79 Å². The predicted molar refractivity (Wildman–Crippen MR) is 122 cm³/mol. The van der Waals surface area contributed by atoms with E-state index in [0.29, 0.717) is 18.7 Å². The summed E-state index contributed by atoms with van der Waals surface area (Å²) < 4.78 is 0. The van der Waals surface area contributed by atoms with Crippen LogP contribution >= 0.6 is 24.0 Å². The molecule has 1 aliphatic rings. The Morgan fingerprint density at radius 1 is 0.926 bits per heavy atom. The lowest BCUT2D eigenvalue weighted by Crippen LogP contribution is -2.40. The maximum absolute atomic E-state index is 12.1. The van der Waals surface area contributed by atoms with Gasteiger partial charge in [-0.15, -0.1) is 24.0 Å². The maximum atomic E-state index is 12.1. The second-order valence-corrected chi connectivity index (χ2v) is 6.37. The number of benzene rings is 2. The van der Waals surface area contributed by atoms with Gasteiger partial charge >= 0.3 is 0 Å². The van der Waals surface area contributed by atoms with E-state index >= 15 is 0 Å². The first kappa shape index (κ1) is 21.2. The molecule has 2 N–H and O–H groups in total. The fraction of sp³-hybridized carbons (Fsp3) is 0.333. The number of hydrogen-bond acceptors (Lipinski definition) is 2. The molecule has 2 aromatic carbocycles. The van der Waals surface area contributed by atoms with Crippen LogP contribution in [0.1, 0.15) is 29.6 Å². The van der Waals surface area contributed by atoms with E-state index in [1.54, 1.807) is 0 Å². The Morgan fingerprint density at radius 3 is 2.22 bits per heavy atom. The summed E-state index contributed by atoms with van der Waals surface area (Å²) in [5.41, 5.74) is 1.71. The van der Waals surface area contributed by atoms with Gasteiger partial charge in [0.05, 0.1) is 6.54 Å². The van der Waals surface area contributed by atoms with E-state index in [1.807, 2.05) is 60.7 Å². The first-order valence-corrected chi connectivity index (χ1v) is 9.27. The number of likely N-dealkylation sites (tertiary alicyclic amines) is 1. The van der Waals surface area contributed by atoms with E-state index in [9.17, 15) is 4.79 Å². The Labute approximate surface area is 178 Å². The number of aliphatic imine (C=N–C) groups is 1. The van der Waals surface area contributed by atoms with Gasteiger partial charge in [0.15, 0.2) is 5.96 Å². The number of carbonyl (C=O) groups excluding carboxylic acids is 1. The topological polar surface area (TPSA) is 56.7 Å². The van der Waals surface area contributed by atoms with Gasteiger partial charge in [0.25, 0.3) is 5.91 Å². The highest BCUT2D eigenvalue weighted by molar-refractivity contribution is 14.0. The number of piperidine rings is 1. The average molecular weight is 478 g/mol. The molecule has 3 rings (SSSR count). The molecule has 0 radical (unpaired) electrons. The molecule has 0 spiro atoms. The predicted octanol–water partition coefficient (Wildman–Crippen LogP) is 3.99. The minimum atomic E-state index is -0.0589. The molecule has 144 valence electrons. The third kappa shape index (κ3) is 6.86. The Bertz CT molecular complexity index is 715. The van der Waals surface area contributed by atoms with E-state index in [4.69, 9.17) is 4.99 Å². The van der Waals surface area contributed by atoms with E-state index in [-0.39, 0.29) is 29.9 Å². The number of para-hydroxylation sites is 1. The highest BCUT2D eigenvalue weighted by Crippen LogP contribution is 2.12. The molecule has 1 saturated heterocycles. The third-order valence-electron chi connectivity index (χ3n) is 4.38. The number of hydrogen-bond donors (Lipinski definition) is 2. The van der Waals surface area contributed by atoms with Gasteiger partial charge in [-0.05, 0) is 43.5 Å². The van der Waals surface area contributed by atoms with Crippen LogP contribution < -0.4 is 10.6 Å². The van der Waals surface area contributed by atoms with Gasteiger partial charge in [-0.1, -0.05) is 36.4 Å². The van der Waals surface area contributed by atoms with Crippen LogP contribution in [0.5, 0.6) is 0 Å². The van der Waals surface area contributed by atoms with Crippen LogP contribution in [-0.2, 0) is 0 Å². The molecule has 0 bridgehead atoms. The first-order chi connectivity index (χ1) is 12.8. The molecule has 27 heavy (non-hydrogen) atoms. The molecule has 5 nitrogen and oxygen atoms in total. The minimum Gasteiger partial charge on any atom is -0.350 e. The Kier molecular flexibility index (Phi) is 9.10. The highest BCUT2D eigenvalue weighted by Gasteiger charge is 2.15. The minimum absolute atomic E-state index is 0. The van der Waals surface area contributed by atoms with Crippen LogP contribution in [-0.4, -0.2) is 42.9 Å². The SMILES string of the molecule is I.O=C(NCCN=C(Nc1ccccc1)N1CCCCC1)c1ccccc1. The lowest BCUT2D eigenvalue weighted by atomic mass is 10.1. The summed E-state index contributed by atoms with van der Waals surface area (Å²) in [7, 11) is 0. The van der Waals surface area contributed by atoms with E-state index in [2.05, 4.69) is 15.5 Å². The van der Waals surface area contributed by atoms with Crippen molar-refractivity contribution in [2.24, 2.45) is 4.99 Å². The Morgan fingerprint density at radius 2 is 1.56 bits per heavy atom. The average Bonchev–Trinajstić information content (AvgIpc) is 2.72. The summed E-state index contributed by atoms with van der Waals surface area (Å²) >= 11 is 0. The van der Waals surface area contributed by atoms with E-state index < -0.39 is 0 Å². The molecule has 2 aromatic rings. The summed E-state index contributed by atoms with van der Waals surface area (Å²) in [5.74, 6) is 0.834. The zero-order chi connectivity index (χ0) is 18.0. The summed E-state index contributed by atoms with van der Waals surface area (Å²) in [6.07, 6.45) is 3.67. The van der Waals surface area contributed by atoms with Crippen LogP contribution in [0.25, 0.3) is 0 Å². The van der Waals surface area contributed by atoms with Crippen molar-refractivity contribution in [3.05, 3.63) is 66.2 Å². The molecule has 6 heteroatoms. The number of anilines is 1. The molecule has 0 atom stereocenters. The first-order valence-electron chi connectivity index (χ1n) is 9.27. The maximum Gasteiger partial charge on any atom is 0.251 e. The van der Waals surface area contributed by atoms with Gasteiger partial charge in [-0.2, -0.15) is 0 Å². The van der Waals surface area contributed by atoms with Crippen LogP contribution in [0, 0.1) is 0 Å². The number of carbonyl (C=O) groups is 1. The number of nitrogens with zero attached hydrogens (tertiary/aromatic N) is 2. The van der Waals surface area contributed by atoms with Crippen molar-refractivity contribution < 1.29 is 4.79 Å². The monoisotopic (exact) mass is 478 g/mol. The van der Waals surface area contributed by atoms with Crippen molar-refractivity contribution in [3.8, 4) is 0 Å². The van der Waals surface area contributed by atoms with Gasteiger partial charge < -0.3 is 15.5 Å². The van der Waals surface area contributed by atoms with Gasteiger partial charge in [0.1, 0.15) is 0 Å². The molecule has 1 heterocycles. The van der Waals surface area contributed by atoms with E-state index in [0.717, 1.165) is 24.7 Å². The van der Waals surface area contributed by atoms with Crippen LogP contribution in [0.4, 0.5) is 5.69 Å². The lowest BCUT2D eigenvalue weighted by Gasteiger charge is -2.30. The molecular weight excluding hydrogens is 451 g/mol. The van der Waals surface area contributed by atoms with Crippen molar-refractivity contribution in [1.82, 2.24) is 10.2 Å².